The highest BCUT2D eigenvalue weighted by molar-refractivity contribution is 9.09. The van der Waals surface area contributed by atoms with E-state index in [0.717, 1.165) is 23.2 Å². The fraction of sp³-hybridized carbons (Fsp3) is 0.400. The molecule has 0 aliphatic heterocycles. The van der Waals surface area contributed by atoms with Gasteiger partial charge in [-0.3, -0.25) is 0 Å². The first-order chi connectivity index (χ1) is 5.72. The smallest absolute Gasteiger partial charge is 0.0405 e. The van der Waals surface area contributed by atoms with E-state index >= 15 is 0 Å². The lowest BCUT2D eigenvalue weighted by Crippen LogP contribution is -1.89. The van der Waals surface area contributed by atoms with E-state index in [1.165, 1.54) is 11.1 Å². The molecular formula is C10H12BrCl. The molecule has 1 aliphatic rings. The summed E-state index contributed by atoms with van der Waals surface area (Å²) in [5.41, 5.74) is 2.75. The summed E-state index contributed by atoms with van der Waals surface area (Å²) in [7, 11) is 0. The molecule has 0 amide bonds. The molecule has 0 atom stereocenters. The van der Waals surface area contributed by atoms with Crippen LogP contribution in [-0.2, 0) is 0 Å². The molecule has 12 heavy (non-hydrogen) atoms. The molecule has 0 aromatic rings. The monoisotopic (exact) mass is 246 g/mol. The summed E-state index contributed by atoms with van der Waals surface area (Å²) >= 11 is 9.40. The van der Waals surface area contributed by atoms with Gasteiger partial charge in [0.2, 0.25) is 0 Å². The van der Waals surface area contributed by atoms with Crippen LogP contribution in [0.25, 0.3) is 0 Å². The Labute approximate surface area is 87.1 Å². The molecule has 0 radical (unpaired) electrons. The Bertz CT molecular complexity index is 249. The fourth-order valence-corrected chi connectivity index (χ4v) is 1.74. The molecule has 0 nitrogen and oxygen atoms in total. The van der Waals surface area contributed by atoms with Gasteiger partial charge in [0.05, 0.1) is 0 Å². The van der Waals surface area contributed by atoms with Crippen LogP contribution in [-0.4, -0.2) is 5.33 Å². The Balaban J connectivity index is 2.82. The molecule has 0 N–H and O–H groups in total. The number of allylic oxidation sites excluding steroid dienone is 6. The van der Waals surface area contributed by atoms with Crippen LogP contribution in [0, 0.1) is 0 Å². The topological polar surface area (TPSA) is 0 Å². The zero-order valence-corrected chi connectivity index (χ0v) is 9.45. The van der Waals surface area contributed by atoms with E-state index in [0.29, 0.717) is 0 Å². The Morgan fingerprint density at radius 2 is 2.17 bits per heavy atom. The van der Waals surface area contributed by atoms with Crippen LogP contribution in [0.2, 0.25) is 0 Å². The first kappa shape index (κ1) is 10.1. The van der Waals surface area contributed by atoms with Gasteiger partial charge in [-0.1, -0.05) is 44.8 Å². The van der Waals surface area contributed by atoms with Crippen molar-refractivity contribution in [2.24, 2.45) is 0 Å². The zero-order chi connectivity index (χ0) is 8.97. The predicted molar refractivity (Wildman–Crippen MR) is 58.8 cm³/mol. The van der Waals surface area contributed by atoms with Crippen molar-refractivity contribution in [1.82, 2.24) is 0 Å². The quantitative estimate of drug-likeness (QED) is 0.610. The number of hydrogen-bond donors (Lipinski definition) is 0. The standard InChI is InChI=1S/C10H12BrCl/c1-8-2-4-9(7-11)6-10(12)5-3-8/h3,5-6H,2,4,7H2,1H3. The van der Waals surface area contributed by atoms with Gasteiger partial charge in [-0.25, -0.2) is 0 Å². The summed E-state index contributed by atoms with van der Waals surface area (Å²) in [6.07, 6.45) is 8.33. The molecule has 1 aliphatic carbocycles. The molecule has 0 bridgehead atoms. The zero-order valence-electron chi connectivity index (χ0n) is 7.11. The third kappa shape index (κ3) is 3.16. The summed E-state index contributed by atoms with van der Waals surface area (Å²) < 4.78 is 0. The van der Waals surface area contributed by atoms with Gasteiger partial charge < -0.3 is 0 Å². The molecule has 66 valence electrons. The molecule has 0 aromatic carbocycles. The minimum Gasteiger partial charge on any atom is -0.0880 e. The van der Waals surface area contributed by atoms with Crippen molar-refractivity contribution in [1.29, 1.82) is 0 Å². The van der Waals surface area contributed by atoms with E-state index in [9.17, 15) is 0 Å². The van der Waals surface area contributed by atoms with Gasteiger partial charge in [-0.2, -0.15) is 0 Å². The highest BCUT2D eigenvalue weighted by Gasteiger charge is 2.00. The van der Waals surface area contributed by atoms with Crippen LogP contribution < -0.4 is 0 Å². The van der Waals surface area contributed by atoms with Gasteiger partial charge in [-0.15, -0.1) is 0 Å². The number of alkyl halides is 1. The summed E-state index contributed by atoms with van der Waals surface area (Å²) in [6.45, 7) is 2.14. The van der Waals surface area contributed by atoms with E-state index in [2.05, 4.69) is 28.9 Å². The molecule has 0 saturated carbocycles. The van der Waals surface area contributed by atoms with Crippen molar-refractivity contribution in [3.8, 4) is 0 Å². The number of halogens is 2. The maximum Gasteiger partial charge on any atom is 0.0405 e. The van der Waals surface area contributed by atoms with Crippen molar-refractivity contribution in [3.63, 3.8) is 0 Å². The Morgan fingerprint density at radius 3 is 2.83 bits per heavy atom. The summed E-state index contributed by atoms with van der Waals surface area (Å²) in [6, 6.07) is 0. The fourth-order valence-electron chi connectivity index (χ4n) is 1.08. The van der Waals surface area contributed by atoms with E-state index in [1.807, 2.05) is 12.2 Å². The highest BCUT2D eigenvalue weighted by atomic mass is 79.9. The maximum absolute atomic E-state index is 5.95. The minimum atomic E-state index is 0.823. The maximum atomic E-state index is 5.95. The lowest BCUT2D eigenvalue weighted by atomic mass is 10.0. The van der Waals surface area contributed by atoms with Crippen LogP contribution in [0.1, 0.15) is 19.8 Å². The second kappa shape index (κ2) is 4.88. The number of hydrogen-bond acceptors (Lipinski definition) is 0. The molecular weight excluding hydrogens is 235 g/mol. The largest absolute Gasteiger partial charge is 0.0880 e. The van der Waals surface area contributed by atoms with Gasteiger partial charge in [0, 0.05) is 10.4 Å². The van der Waals surface area contributed by atoms with Gasteiger partial charge in [0.15, 0.2) is 0 Å². The average molecular weight is 248 g/mol. The molecule has 1 rings (SSSR count). The van der Waals surface area contributed by atoms with Crippen LogP contribution in [0.3, 0.4) is 0 Å². The van der Waals surface area contributed by atoms with Gasteiger partial charge >= 0.3 is 0 Å². The van der Waals surface area contributed by atoms with Crippen LogP contribution in [0.5, 0.6) is 0 Å². The van der Waals surface area contributed by atoms with E-state index < -0.39 is 0 Å². The molecule has 0 heterocycles. The average Bonchev–Trinajstić information content (AvgIpc) is 2.06. The summed E-state index contributed by atoms with van der Waals surface area (Å²) in [5, 5.41) is 1.74. The molecule has 0 unspecified atom stereocenters. The summed E-state index contributed by atoms with van der Waals surface area (Å²) in [4.78, 5) is 0. The van der Waals surface area contributed by atoms with Crippen LogP contribution >= 0.6 is 27.5 Å². The Kier molecular flexibility index (Phi) is 4.10. The number of rotatable bonds is 1. The van der Waals surface area contributed by atoms with Crippen molar-refractivity contribution >= 4 is 27.5 Å². The normalized spacial score (nSPS) is 18.8. The molecule has 2 heteroatoms. The summed E-state index contributed by atoms with van der Waals surface area (Å²) in [5.74, 6) is 0. The third-order valence-electron chi connectivity index (χ3n) is 1.88. The van der Waals surface area contributed by atoms with Crippen LogP contribution in [0.4, 0.5) is 0 Å². The molecule has 0 aromatic heterocycles. The van der Waals surface area contributed by atoms with Crippen molar-refractivity contribution in [2.75, 3.05) is 5.33 Å². The molecule has 0 spiro atoms. The minimum absolute atomic E-state index is 0.823. The first-order valence-electron chi connectivity index (χ1n) is 4.00. The molecule has 0 fully saturated rings. The van der Waals surface area contributed by atoms with Gasteiger partial charge in [0.25, 0.3) is 0 Å². The highest BCUT2D eigenvalue weighted by Crippen LogP contribution is 2.20. The van der Waals surface area contributed by atoms with E-state index in [-0.39, 0.29) is 0 Å². The Morgan fingerprint density at radius 1 is 1.42 bits per heavy atom. The van der Waals surface area contributed by atoms with E-state index in [1.54, 1.807) is 0 Å². The Hall–Kier alpha value is -0.0100. The first-order valence-corrected chi connectivity index (χ1v) is 5.50. The van der Waals surface area contributed by atoms with Crippen molar-refractivity contribution in [2.45, 2.75) is 19.8 Å². The lowest BCUT2D eigenvalue weighted by molar-refractivity contribution is 0.926. The molecule has 0 saturated heterocycles. The van der Waals surface area contributed by atoms with Gasteiger partial charge in [0.1, 0.15) is 0 Å². The lowest BCUT2D eigenvalue weighted by Gasteiger charge is -2.06. The van der Waals surface area contributed by atoms with Crippen molar-refractivity contribution in [3.05, 3.63) is 34.4 Å². The predicted octanol–water partition coefficient (Wildman–Crippen LogP) is 4.17. The van der Waals surface area contributed by atoms with E-state index in [4.69, 9.17) is 11.6 Å². The van der Waals surface area contributed by atoms with Crippen molar-refractivity contribution < 1.29 is 0 Å². The second-order valence-corrected chi connectivity index (χ2v) is 4.00. The second-order valence-electron chi connectivity index (χ2n) is 3.00. The van der Waals surface area contributed by atoms with Gasteiger partial charge in [-0.05, 0) is 31.9 Å². The third-order valence-corrected chi connectivity index (χ3v) is 2.84. The SMILES string of the molecule is CC1=CC=C(Cl)C=C(CBr)CC1. The van der Waals surface area contributed by atoms with Crippen LogP contribution in [0.15, 0.2) is 34.4 Å².